The normalized spacial score (nSPS) is 12.6. The fraction of sp³-hybridized carbons (Fsp3) is 0.316. The van der Waals surface area contributed by atoms with Crippen molar-refractivity contribution in [2.75, 3.05) is 6.54 Å². The van der Waals surface area contributed by atoms with Crippen molar-refractivity contribution in [1.82, 2.24) is 9.88 Å². The molecule has 2 aromatic heterocycles. The molecule has 0 aliphatic heterocycles. The molecule has 2 heterocycles. The summed E-state index contributed by atoms with van der Waals surface area (Å²) in [5.41, 5.74) is 0.996. The number of pyridine rings is 1. The Bertz CT molecular complexity index is 786. The minimum absolute atomic E-state index is 0.0658. The lowest BCUT2D eigenvalue weighted by molar-refractivity contribution is 0.441. The Balaban J connectivity index is 1.45. The SMILES string of the molecule is CC(NCCCCn1ccccc1=O)c1cc2ccccc2o1. The fourth-order valence-electron chi connectivity index (χ4n) is 2.69. The number of nitrogens with one attached hydrogen (secondary N) is 1. The van der Waals surface area contributed by atoms with E-state index in [2.05, 4.69) is 24.4 Å². The Morgan fingerprint density at radius 2 is 1.96 bits per heavy atom. The fourth-order valence-corrected chi connectivity index (χ4v) is 2.69. The van der Waals surface area contributed by atoms with E-state index in [1.54, 1.807) is 16.7 Å². The number of nitrogens with zero attached hydrogens (tertiary/aromatic N) is 1. The van der Waals surface area contributed by atoms with E-state index in [4.69, 9.17) is 4.42 Å². The van der Waals surface area contributed by atoms with Gasteiger partial charge in [-0.3, -0.25) is 4.79 Å². The van der Waals surface area contributed by atoms with Crippen LogP contribution < -0.4 is 10.9 Å². The number of furan rings is 1. The molecule has 0 radical (unpaired) electrons. The van der Waals surface area contributed by atoms with E-state index in [0.717, 1.165) is 42.7 Å². The number of hydrogen-bond acceptors (Lipinski definition) is 3. The number of fused-ring (bicyclic) bond motifs is 1. The Morgan fingerprint density at radius 1 is 1.13 bits per heavy atom. The average Bonchev–Trinajstić information content (AvgIpc) is 3.00. The molecule has 3 aromatic rings. The number of aromatic nitrogens is 1. The van der Waals surface area contributed by atoms with Crippen LogP contribution in [-0.2, 0) is 6.54 Å². The third-order valence-corrected chi connectivity index (χ3v) is 4.05. The van der Waals surface area contributed by atoms with Gasteiger partial charge in [0.05, 0.1) is 6.04 Å². The lowest BCUT2D eigenvalue weighted by Crippen LogP contribution is -2.21. The van der Waals surface area contributed by atoms with Crippen LogP contribution in [-0.4, -0.2) is 11.1 Å². The topological polar surface area (TPSA) is 47.2 Å². The van der Waals surface area contributed by atoms with E-state index in [1.807, 2.05) is 30.5 Å². The number of para-hydroxylation sites is 1. The first kappa shape index (κ1) is 15.6. The molecule has 0 fully saturated rings. The standard InChI is InChI=1S/C19H22N2O2/c1-15(18-14-16-8-2-3-9-17(16)23-18)20-11-5-7-13-21-12-6-4-10-19(21)22/h2-4,6,8-10,12,14-15,20H,5,7,11,13H2,1H3. The molecule has 4 nitrogen and oxygen atoms in total. The summed E-state index contributed by atoms with van der Waals surface area (Å²) in [6.45, 7) is 3.78. The first-order chi connectivity index (χ1) is 11.2. The zero-order chi connectivity index (χ0) is 16.1. The molecule has 23 heavy (non-hydrogen) atoms. The summed E-state index contributed by atoms with van der Waals surface area (Å²) in [6.07, 6.45) is 3.84. The number of rotatable bonds is 7. The van der Waals surface area contributed by atoms with Gasteiger partial charge in [-0.2, -0.15) is 0 Å². The third-order valence-electron chi connectivity index (χ3n) is 4.05. The minimum Gasteiger partial charge on any atom is -0.459 e. The van der Waals surface area contributed by atoms with Crippen molar-refractivity contribution in [3.05, 3.63) is 70.8 Å². The molecule has 0 saturated carbocycles. The summed E-state index contributed by atoms with van der Waals surface area (Å²) in [5.74, 6) is 0.963. The largest absolute Gasteiger partial charge is 0.459 e. The van der Waals surface area contributed by atoms with Crippen LogP contribution in [0.25, 0.3) is 11.0 Å². The zero-order valence-electron chi connectivity index (χ0n) is 13.4. The van der Waals surface area contributed by atoms with Gasteiger partial charge in [0, 0.05) is 24.2 Å². The van der Waals surface area contributed by atoms with Crippen LogP contribution in [0.5, 0.6) is 0 Å². The van der Waals surface area contributed by atoms with Crippen molar-refractivity contribution in [2.24, 2.45) is 0 Å². The van der Waals surface area contributed by atoms with Gasteiger partial charge in [-0.05, 0) is 44.5 Å². The molecule has 1 aromatic carbocycles. The maximum absolute atomic E-state index is 11.6. The van der Waals surface area contributed by atoms with Crippen LogP contribution >= 0.6 is 0 Å². The zero-order valence-corrected chi connectivity index (χ0v) is 13.4. The number of unbranched alkanes of at least 4 members (excludes halogenated alkanes) is 1. The Hall–Kier alpha value is -2.33. The van der Waals surface area contributed by atoms with Gasteiger partial charge in [0.15, 0.2) is 0 Å². The van der Waals surface area contributed by atoms with E-state index in [1.165, 1.54) is 0 Å². The third kappa shape index (κ3) is 3.90. The molecular formula is C19H22N2O2. The summed E-state index contributed by atoms with van der Waals surface area (Å²) in [7, 11) is 0. The van der Waals surface area contributed by atoms with Crippen LogP contribution in [0.3, 0.4) is 0 Å². The van der Waals surface area contributed by atoms with E-state index >= 15 is 0 Å². The first-order valence-corrected chi connectivity index (χ1v) is 8.11. The lowest BCUT2D eigenvalue weighted by atomic mass is 10.2. The van der Waals surface area contributed by atoms with Gasteiger partial charge in [0.2, 0.25) is 5.56 Å². The van der Waals surface area contributed by atoms with Crippen molar-refractivity contribution >= 4 is 11.0 Å². The number of hydrogen-bond donors (Lipinski definition) is 1. The van der Waals surface area contributed by atoms with Crippen molar-refractivity contribution in [1.29, 1.82) is 0 Å². The van der Waals surface area contributed by atoms with Gasteiger partial charge in [0.1, 0.15) is 11.3 Å². The van der Waals surface area contributed by atoms with Gasteiger partial charge >= 0.3 is 0 Å². The van der Waals surface area contributed by atoms with Crippen LogP contribution in [0.4, 0.5) is 0 Å². The van der Waals surface area contributed by atoms with Crippen LogP contribution in [0.1, 0.15) is 31.6 Å². The highest BCUT2D eigenvalue weighted by atomic mass is 16.3. The van der Waals surface area contributed by atoms with E-state index in [0.29, 0.717) is 0 Å². The molecule has 0 aliphatic carbocycles. The lowest BCUT2D eigenvalue weighted by Gasteiger charge is -2.11. The summed E-state index contributed by atoms with van der Waals surface area (Å²) in [6, 6.07) is 15.6. The summed E-state index contributed by atoms with van der Waals surface area (Å²) < 4.78 is 7.62. The molecule has 0 aliphatic rings. The monoisotopic (exact) mass is 310 g/mol. The molecule has 0 bridgehead atoms. The second-order valence-corrected chi connectivity index (χ2v) is 5.80. The predicted molar refractivity (Wildman–Crippen MR) is 92.6 cm³/mol. The summed E-state index contributed by atoms with van der Waals surface area (Å²) >= 11 is 0. The van der Waals surface area contributed by atoms with Crippen LogP contribution in [0.15, 0.2) is 63.9 Å². The molecule has 1 unspecified atom stereocenters. The van der Waals surface area contributed by atoms with Crippen LogP contribution in [0.2, 0.25) is 0 Å². The molecule has 0 amide bonds. The van der Waals surface area contributed by atoms with E-state index in [-0.39, 0.29) is 11.6 Å². The van der Waals surface area contributed by atoms with Crippen molar-refractivity contribution in [3.63, 3.8) is 0 Å². The highest BCUT2D eigenvalue weighted by molar-refractivity contribution is 5.77. The molecule has 1 N–H and O–H groups in total. The van der Waals surface area contributed by atoms with E-state index < -0.39 is 0 Å². The highest BCUT2D eigenvalue weighted by Gasteiger charge is 2.10. The molecule has 0 saturated heterocycles. The molecule has 120 valence electrons. The maximum atomic E-state index is 11.6. The Kier molecular flexibility index (Phi) is 4.93. The Labute approximate surface area is 135 Å². The quantitative estimate of drug-likeness (QED) is 0.676. The smallest absolute Gasteiger partial charge is 0.250 e. The van der Waals surface area contributed by atoms with E-state index in [9.17, 15) is 4.79 Å². The second-order valence-electron chi connectivity index (χ2n) is 5.80. The second kappa shape index (κ2) is 7.29. The average molecular weight is 310 g/mol. The van der Waals surface area contributed by atoms with Crippen molar-refractivity contribution in [3.8, 4) is 0 Å². The molecule has 3 rings (SSSR count). The maximum Gasteiger partial charge on any atom is 0.250 e. The minimum atomic E-state index is 0.0658. The number of aryl methyl sites for hydroxylation is 1. The van der Waals surface area contributed by atoms with Crippen molar-refractivity contribution < 1.29 is 4.42 Å². The first-order valence-electron chi connectivity index (χ1n) is 8.11. The summed E-state index contributed by atoms with van der Waals surface area (Å²) in [5, 5.41) is 4.62. The van der Waals surface area contributed by atoms with Gasteiger partial charge in [0.25, 0.3) is 0 Å². The number of benzene rings is 1. The highest BCUT2D eigenvalue weighted by Crippen LogP contribution is 2.23. The molecule has 4 heteroatoms. The van der Waals surface area contributed by atoms with Crippen LogP contribution in [0, 0.1) is 0 Å². The van der Waals surface area contributed by atoms with Gasteiger partial charge in [-0.25, -0.2) is 0 Å². The molecule has 1 atom stereocenters. The molecular weight excluding hydrogens is 288 g/mol. The van der Waals surface area contributed by atoms with Gasteiger partial charge in [-0.15, -0.1) is 0 Å². The predicted octanol–water partition coefficient (Wildman–Crippen LogP) is 3.73. The van der Waals surface area contributed by atoms with Gasteiger partial charge in [-0.1, -0.05) is 24.3 Å². The molecule has 0 spiro atoms. The van der Waals surface area contributed by atoms with Gasteiger partial charge < -0.3 is 14.3 Å². The van der Waals surface area contributed by atoms with Crippen molar-refractivity contribution in [2.45, 2.75) is 32.4 Å². The Morgan fingerprint density at radius 3 is 2.78 bits per heavy atom. The summed E-state index contributed by atoms with van der Waals surface area (Å²) in [4.78, 5) is 11.6.